The van der Waals surface area contributed by atoms with E-state index in [0.29, 0.717) is 5.92 Å². The molecule has 2 nitrogen and oxygen atoms in total. The fourth-order valence-electron chi connectivity index (χ4n) is 1.46. The highest BCUT2D eigenvalue weighted by Gasteiger charge is 2.29. The highest BCUT2D eigenvalue weighted by atomic mass is 19.1. The van der Waals surface area contributed by atoms with Gasteiger partial charge in [-0.25, -0.2) is 4.39 Å². The molecule has 1 saturated carbocycles. The monoisotopic (exact) mass is 181 g/mol. The lowest BCUT2D eigenvalue weighted by atomic mass is 10.0. The second-order valence-corrected chi connectivity index (χ2v) is 3.57. The fraction of sp³-hybridized carbons (Fsp3) is 0.400. The molecule has 0 saturated heterocycles. The molecule has 0 heterocycles. The smallest absolute Gasteiger partial charge is 0.165 e. The molecule has 13 heavy (non-hydrogen) atoms. The van der Waals surface area contributed by atoms with Crippen LogP contribution in [0.5, 0.6) is 5.75 Å². The molecular weight excluding hydrogens is 169 g/mol. The molecular formula is C10H12FNO. The number of phenols is 1. The van der Waals surface area contributed by atoms with Crippen LogP contribution in [0.25, 0.3) is 0 Å². The molecule has 1 aromatic carbocycles. The van der Waals surface area contributed by atoms with Crippen molar-refractivity contribution in [2.45, 2.75) is 18.9 Å². The Morgan fingerprint density at radius 2 is 2.15 bits per heavy atom. The van der Waals surface area contributed by atoms with Gasteiger partial charge in [-0.2, -0.15) is 0 Å². The SMILES string of the molecule is NC(c1ccc(O)c(F)c1)C1CC1. The van der Waals surface area contributed by atoms with Crippen molar-refractivity contribution in [3.8, 4) is 5.75 Å². The molecule has 1 unspecified atom stereocenters. The largest absolute Gasteiger partial charge is 0.505 e. The van der Waals surface area contributed by atoms with E-state index in [9.17, 15) is 4.39 Å². The first-order valence-electron chi connectivity index (χ1n) is 4.42. The summed E-state index contributed by atoms with van der Waals surface area (Å²) in [7, 11) is 0. The van der Waals surface area contributed by atoms with Crippen LogP contribution in [0.4, 0.5) is 4.39 Å². The van der Waals surface area contributed by atoms with E-state index in [4.69, 9.17) is 10.8 Å². The van der Waals surface area contributed by atoms with E-state index in [0.717, 1.165) is 18.4 Å². The van der Waals surface area contributed by atoms with Crippen LogP contribution < -0.4 is 5.73 Å². The average molecular weight is 181 g/mol. The second kappa shape index (κ2) is 3.00. The van der Waals surface area contributed by atoms with Gasteiger partial charge in [0.2, 0.25) is 0 Å². The van der Waals surface area contributed by atoms with Gasteiger partial charge in [0.25, 0.3) is 0 Å². The molecule has 3 N–H and O–H groups in total. The Balaban J connectivity index is 2.24. The van der Waals surface area contributed by atoms with E-state index in [1.807, 2.05) is 0 Å². The first-order valence-corrected chi connectivity index (χ1v) is 4.42. The Labute approximate surface area is 76.2 Å². The van der Waals surface area contributed by atoms with Gasteiger partial charge in [-0.15, -0.1) is 0 Å². The Morgan fingerprint density at radius 1 is 1.46 bits per heavy atom. The molecule has 0 aliphatic heterocycles. The minimum atomic E-state index is -0.589. The summed E-state index contributed by atoms with van der Waals surface area (Å²) < 4.78 is 12.9. The van der Waals surface area contributed by atoms with Gasteiger partial charge in [-0.1, -0.05) is 6.07 Å². The fourth-order valence-corrected chi connectivity index (χ4v) is 1.46. The van der Waals surface area contributed by atoms with Gasteiger partial charge in [-0.05, 0) is 36.5 Å². The van der Waals surface area contributed by atoms with Crippen LogP contribution in [-0.4, -0.2) is 5.11 Å². The first-order chi connectivity index (χ1) is 6.18. The Hall–Kier alpha value is -1.09. The third-order valence-electron chi connectivity index (χ3n) is 2.49. The van der Waals surface area contributed by atoms with E-state index >= 15 is 0 Å². The summed E-state index contributed by atoms with van der Waals surface area (Å²) in [4.78, 5) is 0. The Kier molecular flexibility index (Phi) is 1.96. The zero-order valence-electron chi connectivity index (χ0n) is 7.20. The molecule has 2 rings (SSSR count). The molecule has 1 atom stereocenters. The zero-order valence-corrected chi connectivity index (χ0v) is 7.20. The zero-order chi connectivity index (χ0) is 9.42. The summed E-state index contributed by atoms with van der Waals surface area (Å²) >= 11 is 0. The number of halogens is 1. The van der Waals surface area contributed by atoms with Gasteiger partial charge in [0.15, 0.2) is 11.6 Å². The van der Waals surface area contributed by atoms with Crippen LogP contribution in [0.1, 0.15) is 24.4 Å². The van der Waals surface area contributed by atoms with Crippen LogP contribution in [0.3, 0.4) is 0 Å². The summed E-state index contributed by atoms with van der Waals surface area (Å²) in [6.07, 6.45) is 2.26. The molecule has 0 radical (unpaired) electrons. The molecule has 1 aliphatic rings. The quantitative estimate of drug-likeness (QED) is 0.732. The molecule has 1 fully saturated rings. The van der Waals surface area contributed by atoms with E-state index in [2.05, 4.69) is 0 Å². The second-order valence-electron chi connectivity index (χ2n) is 3.57. The topological polar surface area (TPSA) is 46.2 Å². The molecule has 0 spiro atoms. The van der Waals surface area contributed by atoms with Crippen LogP contribution in [0, 0.1) is 11.7 Å². The van der Waals surface area contributed by atoms with Crippen molar-refractivity contribution in [2.24, 2.45) is 11.7 Å². The van der Waals surface area contributed by atoms with Gasteiger partial charge in [-0.3, -0.25) is 0 Å². The number of benzene rings is 1. The van der Waals surface area contributed by atoms with E-state index < -0.39 is 5.82 Å². The van der Waals surface area contributed by atoms with Crippen LogP contribution in [-0.2, 0) is 0 Å². The van der Waals surface area contributed by atoms with E-state index in [-0.39, 0.29) is 11.8 Å². The standard InChI is InChI=1S/C10H12FNO/c11-8-5-7(3-4-9(8)13)10(12)6-1-2-6/h3-6,10,13H,1-2,12H2. The number of rotatable bonds is 2. The van der Waals surface area contributed by atoms with Crippen molar-refractivity contribution in [2.75, 3.05) is 0 Å². The minimum absolute atomic E-state index is 0.0740. The van der Waals surface area contributed by atoms with Crippen LogP contribution in [0.2, 0.25) is 0 Å². The number of hydrogen-bond acceptors (Lipinski definition) is 2. The third kappa shape index (κ3) is 1.65. The van der Waals surface area contributed by atoms with Gasteiger partial charge in [0.05, 0.1) is 0 Å². The molecule has 1 aliphatic carbocycles. The van der Waals surface area contributed by atoms with Crippen molar-refractivity contribution in [1.29, 1.82) is 0 Å². The van der Waals surface area contributed by atoms with Crippen molar-refractivity contribution in [1.82, 2.24) is 0 Å². The molecule has 0 amide bonds. The van der Waals surface area contributed by atoms with Crippen molar-refractivity contribution < 1.29 is 9.50 Å². The number of phenolic OH excluding ortho intramolecular Hbond substituents is 1. The maximum absolute atomic E-state index is 12.9. The molecule has 0 bridgehead atoms. The van der Waals surface area contributed by atoms with Gasteiger partial charge in [0, 0.05) is 6.04 Å². The molecule has 1 aromatic rings. The lowest BCUT2D eigenvalue weighted by molar-refractivity contribution is 0.431. The number of nitrogens with two attached hydrogens (primary N) is 1. The summed E-state index contributed by atoms with van der Waals surface area (Å²) in [6, 6.07) is 4.28. The van der Waals surface area contributed by atoms with Crippen LogP contribution in [0.15, 0.2) is 18.2 Å². The number of hydrogen-bond donors (Lipinski definition) is 2. The highest BCUT2D eigenvalue weighted by molar-refractivity contribution is 5.30. The van der Waals surface area contributed by atoms with Gasteiger partial charge >= 0.3 is 0 Å². The normalized spacial score (nSPS) is 18.6. The lowest BCUT2D eigenvalue weighted by Crippen LogP contribution is -2.12. The molecule has 0 aromatic heterocycles. The number of aromatic hydroxyl groups is 1. The van der Waals surface area contributed by atoms with Crippen LogP contribution >= 0.6 is 0 Å². The average Bonchev–Trinajstić information content (AvgIpc) is 2.91. The van der Waals surface area contributed by atoms with Gasteiger partial charge < -0.3 is 10.8 Å². The van der Waals surface area contributed by atoms with Crippen molar-refractivity contribution >= 4 is 0 Å². The summed E-state index contributed by atoms with van der Waals surface area (Å²) in [5.74, 6) is -0.399. The predicted octanol–water partition coefficient (Wildman–Crippen LogP) is 1.94. The summed E-state index contributed by atoms with van der Waals surface area (Å²) in [5, 5.41) is 8.96. The van der Waals surface area contributed by atoms with E-state index in [1.54, 1.807) is 6.07 Å². The first kappa shape index (κ1) is 8.51. The third-order valence-corrected chi connectivity index (χ3v) is 2.49. The molecule has 3 heteroatoms. The summed E-state index contributed by atoms with van der Waals surface area (Å²) in [5.41, 5.74) is 6.65. The van der Waals surface area contributed by atoms with Gasteiger partial charge in [0.1, 0.15) is 0 Å². The van der Waals surface area contributed by atoms with Crippen molar-refractivity contribution in [3.05, 3.63) is 29.6 Å². The Morgan fingerprint density at radius 3 is 2.69 bits per heavy atom. The molecule has 70 valence electrons. The minimum Gasteiger partial charge on any atom is -0.505 e. The maximum Gasteiger partial charge on any atom is 0.165 e. The predicted molar refractivity (Wildman–Crippen MR) is 47.7 cm³/mol. The van der Waals surface area contributed by atoms with Crippen molar-refractivity contribution in [3.63, 3.8) is 0 Å². The maximum atomic E-state index is 12.9. The Bertz CT molecular complexity index is 323. The lowest BCUT2D eigenvalue weighted by Gasteiger charge is -2.10. The van der Waals surface area contributed by atoms with E-state index in [1.165, 1.54) is 12.1 Å². The highest BCUT2D eigenvalue weighted by Crippen LogP contribution is 2.39. The summed E-state index contributed by atoms with van der Waals surface area (Å²) in [6.45, 7) is 0.